The van der Waals surface area contributed by atoms with Crippen molar-refractivity contribution in [3.05, 3.63) is 34.5 Å². The third kappa shape index (κ3) is 4.71. The maximum atomic E-state index is 12.0. The van der Waals surface area contributed by atoms with Crippen molar-refractivity contribution in [3.8, 4) is 0 Å². The van der Waals surface area contributed by atoms with E-state index in [9.17, 15) is 9.59 Å². The summed E-state index contributed by atoms with van der Waals surface area (Å²) in [5.41, 5.74) is 0. The van der Waals surface area contributed by atoms with Crippen LogP contribution in [0.1, 0.15) is 26.2 Å². The van der Waals surface area contributed by atoms with Crippen LogP contribution in [-0.2, 0) is 14.3 Å². The molecular formula is C15H16Cl2N2O3. The van der Waals surface area contributed by atoms with Gasteiger partial charge < -0.3 is 10.1 Å². The highest BCUT2D eigenvalue weighted by molar-refractivity contribution is 6.36. The molecule has 1 aromatic rings. The molecule has 0 radical (unpaired) electrons. The van der Waals surface area contributed by atoms with Gasteiger partial charge in [-0.2, -0.15) is 0 Å². The zero-order valence-electron chi connectivity index (χ0n) is 12.0. The molecule has 0 saturated carbocycles. The summed E-state index contributed by atoms with van der Waals surface area (Å²) in [7, 11) is 0. The molecule has 0 spiro atoms. The monoisotopic (exact) mass is 342 g/mol. The number of esters is 1. The minimum absolute atomic E-state index is 0.178. The highest BCUT2D eigenvalue weighted by Gasteiger charge is 2.21. The average molecular weight is 343 g/mol. The van der Waals surface area contributed by atoms with E-state index in [0.29, 0.717) is 5.02 Å². The molecule has 118 valence electrons. The van der Waals surface area contributed by atoms with Crippen molar-refractivity contribution in [3.63, 3.8) is 0 Å². The van der Waals surface area contributed by atoms with E-state index >= 15 is 0 Å². The van der Waals surface area contributed by atoms with E-state index in [-0.39, 0.29) is 23.2 Å². The lowest BCUT2D eigenvalue weighted by Gasteiger charge is -2.15. The number of ether oxygens (including phenoxy) is 1. The third-order valence-electron chi connectivity index (χ3n) is 3.27. The van der Waals surface area contributed by atoms with Crippen LogP contribution in [0.2, 0.25) is 10.0 Å². The summed E-state index contributed by atoms with van der Waals surface area (Å²) >= 11 is 11.7. The van der Waals surface area contributed by atoms with Gasteiger partial charge in [0.25, 0.3) is 5.91 Å². The molecule has 1 heterocycles. The number of halogens is 2. The van der Waals surface area contributed by atoms with Crippen molar-refractivity contribution < 1.29 is 14.3 Å². The first-order valence-corrected chi connectivity index (χ1v) is 7.69. The number of nitrogens with zero attached hydrogens (tertiary/aromatic N) is 1. The molecule has 1 aromatic heterocycles. The fraction of sp³-hybridized carbons (Fsp3) is 0.400. The SMILES string of the molecule is C[C@@H](OC(=O)C[C@H]1C=CCC1)C(=O)Nc1ncc(Cl)cc1Cl. The summed E-state index contributed by atoms with van der Waals surface area (Å²) < 4.78 is 5.13. The van der Waals surface area contributed by atoms with E-state index in [4.69, 9.17) is 27.9 Å². The lowest BCUT2D eigenvalue weighted by Crippen LogP contribution is -2.30. The second kappa shape index (κ2) is 7.61. The maximum Gasteiger partial charge on any atom is 0.307 e. The molecule has 2 rings (SSSR count). The summed E-state index contributed by atoms with van der Waals surface area (Å²) in [6.45, 7) is 1.50. The van der Waals surface area contributed by atoms with Crippen molar-refractivity contribution in [1.29, 1.82) is 0 Å². The van der Waals surface area contributed by atoms with Crippen LogP contribution in [0, 0.1) is 5.92 Å². The quantitative estimate of drug-likeness (QED) is 0.655. The Labute approximate surface area is 138 Å². The van der Waals surface area contributed by atoms with Crippen molar-refractivity contribution in [2.24, 2.45) is 5.92 Å². The Kier molecular flexibility index (Phi) is 5.80. The number of hydrogen-bond donors (Lipinski definition) is 1. The number of hydrogen-bond acceptors (Lipinski definition) is 4. The second-order valence-corrected chi connectivity index (χ2v) is 5.92. The summed E-state index contributed by atoms with van der Waals surface area (Å²) in [6.07, 6.45) is 6.70. The summed E-state index contributed by atoms with van der Waals surface area (Å²) in [4.78, 5) is 27.7. The molecule has 2 atom stereocenters. The van der Waals surface area contributed by atoms with E-state index in [0.717, 1.165) is 12.8 Å². The van der Waals surface area contributed by atoms with Crippen molar-refractivity contribution >= 4 is 40.9 Å². The molecule has 5 nitrogen and oxygen atoms in total. The van der Waals surface area contributed by atoms with Gasteiger partial charge in [-0.25, -0.2) is 4.98 Å². The number of amides is 1. The molecule has 0 saturated heterocycles. The smallest absolute Gasteiger partial charge is 0.307 e. The van der Waals surface area contributed by atoms with Crippen LogP contribution in [0.3, 0.4) is 0 Å². The molecule has 1 N–H and O–H groups in total. The Bertz CT molecular complexity index is 604. The van der Waals surface area contributed by atoms with Crippen LogP contribution in [0.4, 0.5) is 5.82 Å². The van der Waals surface area contributed by atoms with Crippen LogP contribution in [0.5, 0.6) is 0 Å². The molecule has 1 aliphatic carbocycles. The highest BCUT2D eigenvalue weighted by Crippen LogP contribution is 2.23. The Morgan fingerprint density at radius 2 is 2.27 bits per heavy atom. The number of rotatable bonds is 5. The van der Waals surface area contributed by atoms with Crippen LogP contribution in [0.25, 0.3) is 0 Å². The van der Waals surface area contributed by atoms with E-state index in [1.54, 1.807) is 0 Å². The van der Waals surface area contributed by atoms with Crippen molar-refractivity contribution in [2.75, 3.05) is 5.32 Å². The zero-order chi connectivity index (χ0) is 16.1. The van der Waals surface area contributed by atoms with Crippen molar-refractivity contribution in [1.82, 2.24) is 4.98 Å². The number of anilines is 1. The molecule has 0 bridgehead atoms. The Hall–Kier alpha value is -1.59. The molecule has 1 aliphatic rings. The van der Waals surface area contributed by atoms with Gasteiger partial charge in [-0.15, -0.1) is 0 Å². The molecule has 1 amide bonds. The number of aromatic nitrogens is 1. The molecule has 22 heavy (non-hydrogen) atoms. The predicted molar refractivity (Wildman–Crippen MR) is 84.9 cm³/mol. The number of nitrogens with one attached hydrogen (secondary N) is 1. The molecule has 0 aliphatic heterocycles. The Morgan fingerprint density at radius 1 is 1.50 bits per heavy atom. The topological polar surface area (TPSA) is 68.3 Å². The Balaban J connectivity index is 1.85. The number of carbonyl (C=O) groups is 2. The van der Waals surface area contributed by atoms with Gasteiger partial charge in [-0.05, 0) is 31.7 Å². The first-order valence-electron chi connectivity index (χ1n) is 6.93. The normalized spacial score (nSPS) is 18.0. The van der Waals surface area contributed by atoms with Gasteiger partial charge >= 0.3 is 5.97 Å². The standard InChI is InChI=1S/C15H16Cl2N2O3/c1-9(22-13(20)6-10-4-2-3-5-10)15(21)19-14-12(17)7-11(16)8-18-14/h2,4,7-10H,3,5-6H2,1H3,(H,18,19,21)/t9-,10+/m1/s1. The summed E-state index contributed by atoms with van der Waals surface area (Å²) in [5.74, 6) is -0.505. The first-order chi connectivity index (χ1) is 10.5. The summed E-state index contributed by atoms with van der Waals surface area (Å²) in [6, 6.07) is 1.47. The van der Waals surface area contributed by atoms with Crippen molar-refractivity contribution in [2.45, 2.75) is 32.3 Å². The number of carbonyl (C=O) groups excluding carboxylic acids is 2. The van der Waals surface area contributed by atoms with Gasteiger partial charge in [0.05, 0.1) is 16.5 Å². The van der Waals surface area contributed by atoms with Gasteiger partial charge in [0.1, 0.15) is 0 Å². The van der Waals surface area contributed by atoms with Crippen LogP contribution in [-0.4, -0.2) is 23.0 Å². The fourth-order valence-corrected chi connectivity index (χ4v) is 2.53. The fourth-order valence-electron chi connectivity index (χ4n) is 2.10. The summed E-state index contributed by atoms with van der Waals surface area (Å²) in [5, 5.41) is 3.09. The first kappa shape index (κ1) is 16.8. The molecular weight excluding hydrogens is 327 g/mol. The van der Waals surface area contributed by atoms with Gasteiger partial charge in [-0.1, -0.05) is 35.4 Å². The minimum atomic E-state index is -0.925. The van der Waals surface area contributed by atoms with E-state index < -0.39 is 18.0 Å². The second-order valence-electron chi connectivity index (χ2n) is 5.08. The van der Waals surface area contributed by atoms with E-state index in [1.807, 2.05) is 12.2 Å². The number of pyridine rings is 1. The average Bonchev–Trinajstić information content (AvgIpc) is 2.94. The predicted octanol–water partition coefficient (Wildman–Crippen LogP) is 3.61. The van der Waals surface area contributed by atoms with Crippen LogP contribution < -0.4 is 5.32 Å². The van der Waals surface area contributed by atoms with Crippen LogP contribution in [0.15, 0.2) is 24.4 Å². The Morgan fingerprint density at radius 3 is 2.91 bits per heavy atom. The number of allylic oxidation sites excluding steroid dienone is 2. The third-order valence-corrected chi connectivity index (χ3v) is 3.76. The van der Waals surface area contributed by atoms with Gasteiger partial charge in [0.2, 0.25) is 0 Å². The van der Waals surface area contributed by atoms with E-state index in [2.05, 4.69) is 10.3 Å². The molecule has 0 fully saturated rings. The molecule has 7 heteroatoms. The minimum Gasteiger partial charge on any atom is -0.453 e. The van der Waals surface area contributed by atoms with Gasteiger partial charge in [0, 0.05) is 6.20 Å². The lowest BCUT2D eigenvalue weighted by molar-refractivity contribution is -0.153. The zero-order valence-corrected chi connectivity index (χ0v) is 13.5. The lowest BCUT2D eigenvalue weighted by atomic mass is 10.1. The molecule has 0 unspecified atom stereocenters. The highest BCUT2D eigenvalue weighted by atomic mass is 35.5. The maximum absolute atomic E-state index is 12.0. The molecule has 0 aromatic carbocycles. The largest absolute Gasteiger partial charge is 0.453 e. The van der Waals surface area contributed by atoms with Gasteiger partial charge in [-0.3, -0.25) is 9.59 Å². The van der Waals surface area contributed by atoms with E-state index in [1.165, 1.54) is 19.2 Å². The van der Waals surface area contributed by atoms with Gasteiger partial charge in [0.15, 0.2) is 11.9 Å². The van der Waals surface area contributed by atoms with Crippen LogP contribution >= 0.6 is 23.2 Å².